The molecule has 1 saturated carbocycles. The van der Waals surface area contributed by atoms with Crippen LogP contribution in [0.5, 0.6) is 0 Å². The molecular weight excluding hydrogens is 216 g/mol. The number of nitrogens with zero attached hydrogens (tertiary/aromatic N) is 3. The summed E-state index contributed by atoms with van der Waals surface area (Å²) in [4.78, 5) is 11.0. The van der Waals surface area contributed by atoms with Gasteiger partial charge in [-0.05, 0) is 19.8 Å². The molecule has 17 heavy (non-hydrogen) atoms. The highest BCUT2D eigenvalue weighted by Crippen LogP contribution is 2.39. The van der Waals surface area contributed by atoms with Gasteiger partial charge in [0.1, 0.15) is 17.5 Å². The lowest BCUT2D eigenvalue weighted by atomic mass is 10.3. The van der Waals surface area contributed by atoms with Gasteiger partial charge in [0.15, 0.2) is 0 Å². The summed E-state index contributed by atoms with van der Waals surface area (Å²) in [5, 5.41) is 12.2. The molecule has 1 atom stereocenters. The van der Waals surface area contributed by atoms with Gasteiger partial charge >= 0.3 is 0 Å². The second-order valence-corrected chi connectivity index (χ2v) is 4.64. The summed E-state index contributed by atoms with van der Waals surface area (Å²) in [5.41, 5.74) is 0. The van der Waals surface area contributed by atoms with Crippen molar-refractivity contribution in [2.24, 2.45) is 0 Å². The van der Waals surface area contributed by atoms with Crippen molar-refractivity contribution >= 4 is 11.6 Å². The normalized spacial score (nSPS) is 16.7. The molecule has 0 saturated heterocycles. The van der Waals surface area contributed by atoms with E-state index in [1.165, 1.54) is 12.8 Å². The van der Waals surface area contributed by atoms with Gasteiger partial charge in [-0.3, -0.25) is 0 Å². The molecule has 94 valence electrons. The molecule has 1 aliphatic carbocycles. The maximum atomic E-state index is 9.18. The SMILES string of the molecule is CNc1cc(N(C)C(C)CO)nc(C2CC2)n1. The van der Waals surface area contributed by atoms with Crippen LogP contribution in [0.3, 0.4) is 0 Å². The highest BCUT2D eigenvalue weighted by Gasteiger charge is 2.28. The molecule has 1 heterocycles. The minimum absolute atomic E-state index is 0.0571. The number of nitrogens with one attached hydrogen (secondary N) is 1. The van der Waals surface area contributed by atoms with Crippen molar-refractivity contribution in [1.29, 1.82) is 0 Å². The maximum absolute atomic E-state index is 9.18. The molecule has 0 aliphatic heterocycles. The van der Waals surface area contributed by atoms with Gasteiger partial charge in [0.25, 0.3) is 0 Å². The molecule has 0 spiro atoms. The molecule has 0 aromatic carbocycles. The Kier molecular flexibility index (Phi) is 3.47. The first-order valence-electron chi connectivity index (χ1n) is 6.06. The molecule has 5 heteroatoms. The Balaban J connectivity index is 2.28. The minimum Gasteiger partial charge on any atom is -0.394 e. The van der Waals surface area contributed by atoms with Gasteiger partial charge in [0.05, 0.1) is 12.6 Å². The number of aliphatic hydroxyl groups is 1. The molecule has 0 radical (unpaired) electrons. The van der Waals surface area contributed by atoms with E-state index in [0.29, 0.717) is 5.92 Å². The molecule has 1 aliphatic rings. The zero-order chi connectivity index (χ0) is 12.4. The number of rotatable bonds is 5. The molecule has 1 unspecified atom stereocenters. The highest BCUT2D eigenvalue weighted by molar-refractivity contribution is 5.49. The van der Waals surface area contributed by atoms with Crippen molar-refractivity contribution in [3.8, 4) is 0 Å². The predicted octanol–water partition coefficient (Wildman–Crippen LogP) is 1.21. The van der Waals surface area contributed by atoms with Crippen LogP contribution in [0.1, 0.15) is 31.5 Å². The number of likely N-dealkylation sites (N-methyl/N-ethyl adjacent to an activating group) is 1. The van der Waals surface area contributed by atoms with Crippen LogP contribution in [-0.4, -0.2) is 41.8 Å². The smallest absolute Gasteiger partial charge is 0.136 e. The summed E-state index contributed by atoms with van der Waals surface area (Å²) in [7, 11) is 3.80. The molecule has 1 aromatic heterocycles. The average Bonchev–Trinajstić information content (AvgIpc) is 3.20. The predicted molar refractivity (Wildman–Crippen MR) is 68.5 cm³/mol. The monoisotopic (exact) mass is 236 g/mol. The Hall–Kier alpha value is -1.36. The van der Waals surface area contributed by atoms with Gasteiger partial charge in [-0.15, -0.1) is 0 Å². The third kappa shape index (κ3) is 2.66. The summed E-state index contributed by atoms with van der Waals surface area (Å²) in [6.45, 7) is 2.09. The van der Waals surface area contributed by atoms with Gasteiger partial charge in [-0.1, -0.05) is 0 Å². The van der Waals surface area contributed by atoms with Crippen LogP contribution in [-0.2, 0) is 0 Å². The number of aromatic nitrogens is 2. The number of hydrogen-bond acceptors (Lipinski definition) is 5. The van der Waals surface area contributed by atoms with Gasteiger partial charge in [-0.25, -0.2) is 9.97 Å². The molecule has 5 nitrogen and oxygen atoms in total. The van der Waals surface area contributed by atoms with Crippen LogP contribution in [0.4, 0.5) is 11.6 Å². The minimum atomic E-state index is 0.0571. The Morgan fingerprint density at radius 2 is 2.24 bits per heavy atom. The molecule has 1 aromatic rings. The lowest BCUT2D eigenvalue weighted by Crippen LogP contribution is -2.32. The van der Waals surface area contributed by atoms with Crippen LogP contribution in [0.15, 0.2) is 6.07 Å². The number of anilines is 2. The number of hydrogen-bond donors (Lipinski definition) is 2. The first-order valence-corrected chi connectivity index (χ1v) is 6.06. The fraction of sp³-hybridized carbons (Fsp3) is 0.667. The summed E-state index contributed by atoms with van der Waals surface area (Å²) in [6, 6.07) is 1.97. The summed E-state index contributed by atoms with van der Waals surface area (Å²) < 4.78 is 0. The van der Waals surface area contributed by atoms with Crippen molar-refractivity contribution in [3.63, 3.8) is 0 Å². The van der Waals surface area contributed by atoms with Crippen molar-refractivity contribution in [2.75, 3.05) is 30.9 Å². The van der Waals surface area contributed by atoms with Crippen LogP contribution in [0.2, 0.25) is 0 Å². The van der Waals surface area contributed by atoms with Gasteiger partial charge in [0.2, 0.25) is 0 Å². The van der Waals surface area contributed by atoms with Gasteiger partial charge in [0, 0.05) is 26.1 Å². The molecule has 1 fully saturated rings. The Morgan fingerprint density at radius 3 is 2.76 bits per heavy atom. The zero-order valence-electron chi connectivity index (χ0n) is 10.6. The Labute approximate surface area is 102 Å². The third-order valence-corrected chi connectivity index (χ3v) is 3.22. The highest BCUT2D eigenvalue weighted by atomic mass is 16.3. The van der Waals surface area contributed by atoms with Crippen LogP contribution < -0.4 is 10.2 Å². The largest absolute Gasteiger partial charge is 0.394 e. The molecule has 0 bridgehead atoms. The average molecular weight is 236 g/mol. The Bertz CT molecular complexity index is 392. The lowest BCUT2D eigenvalue weighted by Gasteiger charge is -2.24. The summed E-state index contributed by atoms with van der Waals surface area (Å²) >= 11 is 0. The van der Waals surface area contributed by atoms with E-state index in [1.54, 1.807) is 0 Å². The molecular formula is C12H20N4O. The summed E-state index contributed by atoms with van der Waals surface area (Å²) in [5.74, 6) is 3.16. The topological polar surface area (TPSA) is 61.3 Å². The third-order valence-electron chi connectivity index (χ3n) is 3.22. The van der Waals surface area contributed by atoms with E-state index in [1.807, 2.05) is 32.0 Å². The van der Waals surface area contributed by atoms with Crippen LogP contribution >= 0.6 is 0 Å². The second kappa shape index (κ2) is 4.87. The molecule has 0 amide bonds. The van der Waals surface area contributed by atoms with Crippen LogP contribution in [0.25, 0.3) is 0 Å². The van der Waals surface area contributed by atoms with Crippen LogP contribution in [0, 0.1) is 0 Å². The van der Waals surface area contributed by atoms with E-state index >= 15 is 0 Å². The van der Waals surface area contributed by atoms with Crippen molar-refractivity contribution in [2.45, 2.75) is 31.7 Å². The van der Waals surface area contributed by atoms with E-state index in [-0.39, 0.29) is 12.6 Å². The van der Waals surface area contributed by atoms with E-state index in [9.17, 15) is 5.11 Å². The van der Waals surface area contributed by atoms with Crippen molar-refractivity contribution < 1.29 is 5.11 Å². The molecule has 2 N–H and O–H groups in total. The lowest BCUT2D eigenvalue weighted by molar-refractivity contribution is 0.269. The zero-order valence-corrected chi connectivity index (χ0v) is 10.6. The van der Waals surface area contributed by atoms with Gasteiger partial charge < -0.3 is 15.3 Å². The van der Waals surface area contributed by atoms with E-state index in [0.717, 1.165) is 17.5 Å². The standard InChI is InChI=1S/C12H20N4O/c1-8(7-17)16(3)11-6-10(13-2)14-12(15-11)9-4-5-9/h6,8-9,17H,4-5,7H2,1-3H3,(H,13,14,15). The maximum Gasteiger partial charge on any atom is 0.136 e. The van der Waals surface area contributed by atoms with E-state index < -0.39 is 0 Å². The van der Waals surface area contributed by atoms with Crippen molar-refractivity contribution in [3.05, 3.63) is 11.9 Å². The first-order chi connectivity index (χ1) is 8.15. The summed E-state index contributed by atoms with van der Waals surface area (Å²) in [6.07, 6.45) is 2.37. The first kappa shape index (κ1) is 12.1. The second-order valence-electron chi connectivity index (χ2n) is 4.64. The van der Waals surface area contributed by atoms with Gasteiger partial charge in [-0.2, -0.15) is 0 Å². The van der Waals surface area contributed by atoms with E-state index in [2.05, 4.69) is 15.3 Å². The number of aliphatic hydroxyl groups excluding tert-OH is 1. The fourth-order valence-corrected chi connectivity index (χ4v) is 1.63. The quantitative estimate of drug-likeness (QED) is 0.804. The molecule has 2 rings (SSSR count). The fourth-order valence-electron chi connectivity index (χ4n) is 1.63. The van der Waals surface area contributed by atoms with Crippen molar-refractivity contribution in [1.82, 2.24) is 9.97 Å². The Morgan fingerprint density at radius 1 is 1.53 bits per heavy atom. The van der Waals surface area contributed by atoms with E-state index in [4.69, 9.17) is 0 Å².